The number of nitrogens with one attached hydrogen (secondary N) is 1. The highest BCUT2D eigenvalue weighted by Crippen LogP contribution is 2.39. The van der Waals surface area contributed by atoms with Gasteiger partial charge >= 0.3 is 12.4 Å². The van der Waals surface area contributed by atoms with E-state index in [1.54, 1.807) is 0 Å². The molecule has 0 aromatic rings. The molecule has 9 heteroatoms. The van der Waals surface area contributed by atoms with Gasteiger partial charge in [0.2, 0.25) is 0 Å². The van der Waals surface area contributed by atoms with E-state index >= 15 is 0 Å². The van der Waals surface area contributed by atoms with Crippen LogP contribution in [-0.2, 0) is 4.74 Å². The fourth-order valence-corrected chi connectivity index (χ4v) is 1.36. The van der Waals surface area contributed by atoms with Crippen molar-refractivity contribution in [2.45, 2.75) is 12.4 Å². The number of rotatable bonds is 8. The molecule has 0 aromatic heterocycles. The Morgan fingerprint density at radius 2 is 1.58 bits per heavy atom. The molecule has 19 heavy (non-hydrogen) atoms. The number of likely N-dealkylation sites (N-methyl/N-ethyl adjacent to an activating group) is 1. The van der Waals surface area contributed by atoms with Gasteiger partial charge in [0.1, 0.15) is 0 Å². The Balaban J connectivity index is 4.15. The average Bonchev–Trinajstić information content (AvgIpc) is 2.22. The molecule has 0 unspecified atom stereocenters. The summed E-state index contributed by atoms with van der Waals surface area (Å²) in [5.74, 6) is -3.32. The third-order valence-electron chi connectivity index (χ3n) is 2.44. The molecule has 0 radical (unpaired) electrons. The van der Waals surface area contributed by atoms with Gasteiger partial charge in [0, 0.05) is 33.3 Å². The lowest BCUT2D eigenvalue weighted by molar-refractivity contribution is -0.286. The highest BCUT2D eigenvalue weighted by Gasteiger charge is 2.56. The first kappa shape index (κ1) is 18.5. The van der Waals surface area contributed by atoms with Gasteiger partial charge < -0.3 is 15.0 Å². The van der Waals surface area contributed by atoms with Crippen molar-refractivity contribution in [3.63, 3.8) is 0 Å². The number of nitrogens with zero attached hydrogens (tertiary/aromatic N) is 1. The average molecular weight is 296 g/mol. The first-order chi connectivity index (χ1) is 8.59. The molecule has 0 aromatic carbocycles. The lowest BCUT2D eigenvalue weighted by Crippen LogP contribution is -2.45. The largest absolute Gasteiger partial charge is 0.401 e. The van der Waals surface area contributed by atoms with Gasteiger partial charge in [0.15, 0.2) is 5.92 Å². The fraction of sp³-hybridized carbons (Fsp3) is 1.00. The van der Waals surface area contributed by atoms with Gasteiger partial charge in [-0.25, -0.2) is 0 Å². The number of alkyl halides is 6. The van der Waals surface area contributed by atoms with Gasteiger partial charge in [-0.1, -0.05) is 0 Å². The van der Waals surface area contributed by atoms with Crippen molar-refractivity contribution >= 4 is 0 Å². The van der Waals surface area contributed by atoms with Crippen molar-refractivity contribution in [2.24, 2.45) is 5.92 Å². The number of methoxy groups -OCH3 is 1. The summed E-state index contributed by atoms with van der Waals surface area (Å²) < 4.78 is 78.4. The predicted molar refractivity (Wildman–Crippen MR) is 57.8 cm³/mol. The second-order valence-corrected chi connectivity index (χ2v) is 4.14. The van der Waals surface area contributed by atoms with Gasteiger partial charge in [-0.05, 0) is 7.05 Å². The summed E-state index contributed by atoms with van der Waals surface area (Å²) in [6, 6.07) is 0. The second-order valence-electron chi connectivity index (χ2n) is 4.14. The summed E-state index contributed by atoms with van der Waals surface area (Å²) in [6.07, 6.45) is -10.6. The minimum atomic E-state index is -5.28. The lowest BCUT2D eigenvalue weighted by Gasteiger charge is -2.27. The van der Waals surface area contributed by atoms with Crippen molar-refractivity contribution in [1.29, 1.82) is 0 Å². The molecule has 0 spiro atoms. The van der Waals surface area contributed by atoms with E-state index in [1.165, 1.54) is 14.2 Å². The van der Waals surface area contributed by atoms with Crippen molar-refractivity contribution < 1.29 is 31.1 Å². The molecule has 0 aliphatic rings. The van der Waals surface area contributed by atoms with E-state index in [1.807, 2.05) is 0 Å². The van der Waals surface area contributed by atoms with Crippen LogP contribution in [0, 0.1) is 5.92 Å². The van der Waals surface area contributed by atoms with Gasteiger partial charge in [-0.15, -0.1) is 0 Å². The monoisotopic (exact) mass is 296 g/mol. The van der Waals surface area contributed by atoms with Gasteiger partial charge in [-0.3, -0.25) is 0 Å². The fourth-order valence-electron chi connectivity index (χ4n) is 1.36. The standard InChI is InChI=1S/C10H18F6N2O/c1-18(5-3-17-4-6-19-2)7-8(9(11,12)13)10(14,15)16/h8,17H,3-7H2,1-2H3. The molecular formula is C10H18F6N2O. The Labute approximate surface area is 107 Å². The van der Waals surface area contributed by atoms with Crippen LogP contribution in [0.2, 0.25) is 0 Å². The number of ether oxygens (including phenoxy) is 1. The van der Waals surface area contributed by atoms with Crippen LogP contribution < -0.4 is 5.32 Å². The Hall–Kier alpha value is -0.540. The summed E-state index contributed by atoms with van der Waals surface area (Å²) in [4.78, 5) is 1.01. The van der Waals surface area contributed by atoms with Crippen LogP contribution in [0.3, 0.4) is 0 Å². The molecule has 0 aliphatic carbocycles. The Morgan fingerprint density at radius 1 is 1.05 bits per heavy atom. The van der Waals surface area contributed by atoms with Crippen molar-refractivity contribution in [2.75, 3.05) is 46.9 Å². The van der Waals surface area contributed by atoms with Crippen LogP contribution in [-0.4, -0.2) is 64.2 Å². The predicted octanol–water partition coefficient (Wildman–Crippen LogP) is 1.89. The molecule has 1 N–H and O–H groups in total. The third kappa shape index (κ3) is 8.27. The SMILES string of the molecule is COCCNCCN(C)CC(C(F)(F)F)C(F)(F)F. The van der Waals surface area contributed by atoms with E-state index < -0.39 is 24.8 Å². The molecule has 0 aliphatic heterocycles. The topological polar surface area (TPSA) is 24.5 Å². The van der Waals surface area contributed by atoms with Crippen LogP contribution >= 0.6 is 0 Å². The normalized spacial score (nSPS) is 13.6. The third-order valence-corrected chi connectivity index (χ3v) is 2.44. The highest BCUT2D eigenvalue weighted by atomic mass is 19.4. The minimum Gasteiger partial charge on any atom is -0.383 e. The Bertz CT molecular complexity index is 229. The van der Waals surface area contributed by atoms with E-state index in [0.29, 0.717) is 19.7 Å². The molecule has 3 nitrogen and oxygen atoms in total. The zero-order valence-electron chi connectivity index (χ0n) is 10.7. The summed E-state index contributed by atoms with van der Waals surface area (Å²) in [5, 5.41) is 2.84. The molecule has 0 saturated heterocycles. The van der Waals surface area contributed by atoms with Crippen LogP contribution in [0.1, 0.15) is 0 Å². The Morgan fingerprint density at radius 3 is 2.00 bits per heavy atom. The lowest BCUT2D eigenvalue weighted by atomic mass is 10.1. The Kier molecular flexibility index (Phi) is 7.68. The maximum atomic E-state index is 12.3. The number of hydrogen-bond donors (Lipinski definition) is 1. The van der Waals surface area contributed by atoms with Crippen molar-refractivity contribution in [3.05, 3.63) is 0 Å². The molecule has 0 rings (SSSR count). The van der Waals surface area contributed by atoms with E-state index in [9.17, 15) is 26.3 Å². The molecule has 116 valence electrons. The second kappa shape index (κ2) is 7.91. The molecule has 0 amide bonds. The maximum Gasteiger partial charge on any atom is 0.401 e. The summed E-state index contributed by atoms with van der Waals surface area (Å²) >= 11 is 0. The molecule has 0 saturated carbocycles. The summed E-state index contributed by atoms with van der Waals surface area (Å²) in [6.45, 7) is 0.206. The molecule has 0 bridgehead atoms. The van der Waals surface area contributed by atoms with Crippen LogP contribution in [0.25, 0.3) is 0 Å². The van der Waals surface area contributed by atoms with E-state index in [4.69, 9.17) is 4.74 Å². The van der Waals surface area contributed by atoms with Crippen molar-refractivity contribution in [1.82, 2.24) is 10.2 Å². The first-order valence-corrected chi connectivity index (χ1v) is 5.60. The van der Waals surface area contributed by atoms with Gasteiger partial charge in [0.05, 0.1) is 6.61 Å². The smallest absolute Gasteiger partial charge is 0.383 e. The number of hydrogen-bond acceptors (Lipinski definition) is 3. The van der Waals surface area contributed by atoms with Crippen LogP contribution in [0.4, 0.5) is 26.3 Å². The minimum absolute atomic E-state index is 0.0897. The van der Waals surface area contributed by atoms with Crippen molar-refractivity contribution in [3.8, 4) is 0 Å². The van der Waals surface area contributed by atoms with Crippen LogP contribution in [0.15, 0.2) is 0 Å². The first-order valence-electron chi connectivity index (χ1n) is 5.60. The zero-order chi connectivity index (χ0) is 15.1. The summed E-state index contributed by atoms with van der Waals surface area (Å²) in [5.41, 5.74) is 0. The molecule has 0 atom stereocenters. The molecule has 0 heterocycles. The molecular weight excluding hydrogens is 278 g/mol. The zero-order valence-corrected chi connectivity index (χ0v) is 10.7. The maximum absolute atomic E-state index is 12.3. The van der Waals surface area contributed by atoms with E-state index in [2.05, 4.69) is 5.32 Å². The molecule has 0 fully saturated rings. The number of halogens is 6. The van der Waals surface area contributed by atoms with Gasteiger partial charge in [0.25, 0.3) is 0 Å². The quantitative estimate of drug-likeness (QED) is 0.547. The van der Waals surface area contributed by atoms with Gasteiger partial charge in [-0.2, -0.15) is 26.3 Å². The van der Waals surface area contributed by atoms with Crippen LogP contribution in [0.5, 0.6) is 0 Å². The summed E-state index contributed by atoms with van der Waals surface area (Å²) in [7, 11) is 2.72. The van der Waals surface area contributed by atoms with E-state index in [0.717, 1.165) is 4.90 Å². The highest BCUT2D eigenvalue weighted by molar-refractivity contribution is 4.78. The van der Waals surface area contributed by atoms with E-state index in [-0.39, 0.29) is 6.54 Å².